The molecule has 5 aromatic rings. The van der Waals surface area contributed by atoms with E-state index in [1.165, 1.54) is 28.9 Å². The Bertz CT molecular complexity index is 1740. The first-order valence-electron chi connectivity index (χ1n) is 12.2. The van der Waals surface area contributed by atoms with Gasteiger partial charge in [-0.2, -0.15) is 9.78 Å². The zero-order valence-corrected chi connectivity index (χ0v) is 22.4. The number of nitrogens with one attached hydrogen (secondary N) is 1. The van der Waals surface area contributed by atoms with Crippen molar-refractivity contribution >= 4 is 55.5 Å². The van der Waals surface area contributed by atoms with Gasteiger partial charge in [-0.25, -0.2) is 9.37 Å². The van der Waals surface area contributed by atoms with E-state index in [9.17, 15) is 14.0 Å². The van der Waals surface area contributed by atoms with E-state index in [4.69, 9.17) is 4.98 Å². The van der Waals surface area contributed by atoms with Crippen molar-refractivity contribution in [2.24, 2.45) is 5.10 Å². The van der Waals surface area contributed by atoms with Crippen molar-refractivity contribution < 1.29 is 9.18 Å². The summed E-state index contributed by atoms with van der Waals surface area (Å²) < 4.78 is 17.2. The van der Waals surface area contributed by atoms with Crippen molar-refractivity contribution in [2.45, 2.75) is 32.7 Å². The number of nitrogens with zero attached hydrogens (tertiary/aromatic N) is 4. The molecule has 1 amide bonds. The van der Waals surface area contributed by atoms with Crippen molar-refractivity contribution in [2.75, 3.05) is 5.32 Å². The average molecular weight is 574 g/mol. The lowest BCUT2D eigenvalue weighted by atomic mass is 10.1. The molecule has 0 bridgehead atoms. The van der Waals surface area contributed by atoms with Gasteiger partial charge in [0.15, 0.2) is 0 Å². The van der Waals surface area contributed by atoms with Gasteiger partial charge in [-0.1, -0.05) is 48.0 Å². The molecule has 2 heterocycles. The summed E-state index contributed by atoms with van der Waals surface area (Å²) in [6, 6.07) is 18.7. The Labute approximate surface area is 226 Å². The smallest absolute Gasteiger partial charge is 0.282 e. The van der Waals surface area contributed by atoms with E-state index in [2.05, 4.69) is 26.3 Å². The second kappa shape index (κ2) is 10.7. The number of hydrogen-bond donors (Lipinski definition) is 1. The second-order valence-corrected chi connectivity index (χ2v) is 10.0. The molecule has 3 aromatic carbocycles. The monoisotopic (exact) mass is 573 g/mol. The highest BCUT2D eigenvalue weighted by Gasteiger charge is 2.16. The normalized spacial score (nSPS) is 12.4. The van der Waals surface area contributed by atoms with Gasteiger partial charge >= 0.3 is 0 Å². The topological polar surface area (TPSA) is 81.3 Å². The molecule has 0 aliphatic rings. The molecule has 5 rings (SSSR count). The van der Waals surface area contributed by atoms with Gasteiger partial charge in [-0.15, -0.1) is 0 Å². The summed E-state index contributed by atoms with van der Waals surface area (Å²) in [7, 11) is 0. The van der Waals surface area contributed by atoms with Crippen LogP contribution >= 0.6 is 15.9 Å². The largest absolute Gasteiger partial charge is 0.337 e. The Morgan fingerprint density at radius 1 is 1.13 bits per heavy atom. The summed E-state index contributed by atoms with van der Waals surface area (Å²) in [4.78, 5) is 30.9. The van der Waals surface area contributed by atoms with Crippen molar-refractivity contribution in [3.8, 4) is 0 Å². The first-order chi connectivity index (χ1) is 18.3. The predicted molar refractivity (Wildman–Crippen MR) is 152 cm³/mol. The summed E-state index contributed by atoms with van der Waals surface area (Å²) in [5.41, 5.74) is 2.50. The van der Waals surface area contributed by atoms with Crippen LogP contribution in [0.5, 0.6) is 0 Å². The van der Waals surface area contributed by atoms with Gasteiger partial charge in [0, 0.05) is 38.7 Å². The van der Waals surface area contributed by atoms with E-state index in [0.29, 0.717) is 22.4 Å². The molecular weight excluding hydrogens is 549 g/mol. The Morgan fingerprint density at radius 3 is 2.66 bits per heavy atom. The zero-order valence-electron chi connectivity index (χ0n) is 20.9. The van der Waals surface area contributed by atoms with Crippen LogP contribution < -0.4 is 10.9 Å². The minimum absolute atomic E-state index is 0.0180. The maximum Gasteiger partial charge on any atom is 0.282 e. The first-order valence-corrected chi connectivity index (χ1v) is 13.0. The molecular formula is C29H25BrFN5O2. The number of halogens is 2. The standard InChI is InChI=1S/C29H25BrFN5O2/c1-3-18(2)28-34-25-13-8-20(30)14-24(25)29(38)36(28)32-15-19-16-35(26-7-5-4-6-23(19)26)17-27(37)33-22-11-9-21(31)10-12-22/h4-16,18H,3,17H2,1-2H3,(H,33,37)/t18-/m1/s1. The summed E-state index contributed by atoms with van der Waals surface area (Å²) >= 11 is 3.43. The molecule has 0 aliphatic carbocycles. The van der Waals surface area contributed by atoms with Crippen LogP contribution in [0.1, 0.15) is 37.6 Å². The average Bonchev–Trinajstić information content (AvgIpc) is 3.26. The predicted octanol–water partition coefficient (Wildman–Crippen LogP) is 6.29. The maximum absolute atomic E-state index is 13.5. The Morgan fingerprint density at radius 2 is 1.89 bits per heavy atom. The summed E-state index contributed by atoms with van der Waals surface area (Å²) in [5, 5.41) is 8.75. The van der Waals surface area contributed by atoms with E-state index in [0.717, 1.165) is 27.4 Å². The van der Waals surface area contributed by atoms with Crippen molar-refractivity contribution in [3.05, 3.63) is 105 Å². The van der Waals surface area contributed by atoms with Crippen LogP contribution in [0.4, 0.5) is 10.1 Å². The number of aromatic nitrogens is 3. The summed E-state index contributed by atoms with van der Waals surface area (Å²) in [6.07, 6.45) is 4.26. The molecule has 0 saturated carbocycles. The molecule has 0 unspecified atom stereocenters. The fraction of sp³-hybridized carbons (Fsp3) is 0.172. The van der Waals surface area contributed by atoms with E-state index in [-0.39, 0.29) is 29.7 Å². The number of carbonyl (C=O) groups excluding carboxylic acids is 1. The highest BCUT2D eigenvalue weighted by Crippen LogP contribution is 2.23. The molecule has 0 radical (unpaired) electrons. The van der Waals surface area contributed by atoms with Crippen LogP contribution in [0.2, 0.25) is 0 Å². The van der Waals surface area contributed by atoms with Crippen LogP contribution in [0.25, 0.3) is 21.8 Å². The highest BCUT2D eigenvalue weighted by molar-refractivity contribution is 9.10. The molecule has 1 N–H and O–H groups in total. The number of para-hydroxylation sites is 1. The third-order valence-corrected chi connectivity index (χ3v) is 6.95. The van der Waals surface area contributed by atoms with Crippen molar-refractivity contribution in [3.63, 3.8) is 0 Å². The van der Waals surface area contributed by atoms with E-state index >= 15 is 0 Å². The first kappa shape index (κ1) is 25.5. The Kier molecular flexibility index (Phi) is 7.20. The molecule has 0 fully saturated rings. The highest BCUT2D eigenvalue weighted by atomic mass is 79.9. The van der Waals surface area contributed by atoms with Gasteiger partial charge in [-0.05, 0) is 55.0 Å². The number of hydrogen-bond acceptors (Lipinski definition) is 4. The van der Waals surface area contributed by atoms with Crippen LogP contribution in [0.3, 0.4) is 0 Å². The number of anilines is 1. The number of amides is 1. The van der Waals surface area contributed by atoms with Crippen LogP contribution in [-0.4, -0.2) is 26.3 Å². The molecule has 1 atom stereocenters. The number of benzene rings is 3. The van der Waals surface area contributed by atoms with Crippen molar-refractivity contribution in [1.82, 2.24) is 14.2 Å². The number of rotatable bonds is 7. The Balaban J connectivity index is 1.52. The second-order valence-electron chi connectivity index (χ2n) is 9.09. The molecule has 0 spiro atoms. The lowest BCUT2D eigenvalue weighted by Crippen LogP contribution is -2.23. The van der Waals surface area contributed by atoms with Gasteiger partial charge in [-0.3, -0.25) is 9.59 Å². The van der Waals surface area contributed by atoms with Gasteiger partial charge in [0.2, 0.25) is 5.91 Å². The van der Waals surface area contributed by atoms with Crippen LogP contribution in [0, 0.1) is 5.82 Å². The third-order valence-electron chi connectivity index (χ3n) is 6.46. The summed E-state index contributed by atoms with van der Waals surface area (Å²) in [6.45, 7) is 4.11. The quantitative estimate of drug-likeness (QED) is 0.232. The van der Waals surface area contributed by atoms with E-state index < -0.39 is 0 Å². The molecule has 0 aliphatic heterocycles. The maximum atomic E-state index is 13.5. The number of carbonyl (C=O) groups is 1. The minimum atomic E-state index is -0.367. The minimum Gasteiger partial charge on any atom is -0.337 e. The van der Waals surface area contributed by atoms with E-state index in [1.54, 1.807) is 12.3 Å². The molecule has 2 aromatic heterocycles. The van der Waals surface area contributed by atoms with Gasteiger partial charge in [0.25, 0.3) is 5.56 Å². The van der Waals surface area contributed by atoms with E-state index in [1.807, 2.05) is 61.0 Å². The van der Waals surface area contributed by atoms with Crippen molar-refractivity contribution in [1.29, 1.82) is 0 Å². The lowest BCUT2D eigenvalue weighted by Gasteiger charge is -2.13. The fourth-order valence-corrected chi connectivity index (χ4v) is 4.66. The molecule has 9 heteroatoms. The van der Waals surface area contributed by atoms with Crippen LogP contribution in [-0.2, 0) is 11.3 Å². The van der Waals surface area contributed by atoms with Gasteiger partial charge in [0.05, 0.1) is 17.1 Å². The SMILES string of the molecule is CC[C@@H](C)c1nc2ccc(Br)cc2c(=O)n1N=Cc1cn(CC(=O)Nc2ccc(F)cc2)c2ccccc12. The molecule has 38 heavy (non-hydrogen) atoms. The summed E-state index contributed by atoms with van der Waals surface area (Å²) in [5.74, 6) is -0.0102. The van der Waals surface area contributed by atoms with Gasteiger partial charge < -0.3 is 9.88 Å². The molecule has 192 valence electrons. The Hall–Kier alpha value is -4.11. The molecule has 7 nitrogen and oxygen atoms in total. The third kappa shape index (κ3) is 5.15. The lowest BCUT2D eigenvalue weighted by molar-refractivity contribution is -0.116. The molecule has 0 saturated heterocycles. The van der Waals surface area contributed by atoms with Crippen LogP contribution in [0.15, 0.2) is 87.3 Å². The fourth-order valence-electron chi connectivity index (χ4n) is 4.30. The zero-order chi connectivity index (χ0) is 26.8. The number of fused-ring (bicyclic) bond motifs is 2. The van der Waals surface area contributed by atoms with Gasteiger partial charge in [0.1, 0.15) is 18.2 Å².